The van der Waals surface area contributed by atoms with Crippen molar-refractivity contribution in [1.29, 1.82) is 0 Å². The molecule has 4 aliphatic heterocycles. The van der Waals surface area contributed by atoms with E-state index in [1.165, 1.54) is 46.1 Å². The van der Waals surface area contributed by atoms with Gasteiger partial charge in [0.1, 0.15) is 51.6 Å². The molecule has 0 spiro atoms. The fourth-order valence-electron chi connectivity index (χ4n) is 16.3. The number of amides is 3. The van der Waals surface area contributed by atoms with Gasteiger partial charge in [-0.1, -0.05) is 48.5 Å². The number of hydroxylamine groups is 2. The molecule has 18 rings (SSSR count). The average Bonchev–Trinajstić information content (AvgIpc) is 1.69. The van der Waals surface area contributed by atoms with Crippen molar-refractivity contribution in [3.63, 3.8) is 0 Å². The number of imide groups is 1. The number of para-hydroxylation sites is 3. The van der Waals surface area contributed by atoms with Gasteiger partial charge in [-0.15, -0.1) is 55.7 Å². The highest BCUT2D eigenvalue weighted by atomic mass is 32.1. The highest BCUT2D eigenvalue weighted by molar-refractivity contribution is 7.22. The second kappa shape index (κ2) is 46.6. The first-order valence-electron chi connectivity index (χ1n) is 47.2. The Morgan fingerprint density at radius 3 is 1.10 bits per heavy atom. The summed E-state index contributed by atoms with van der Waals surface area (Å²) in [5.41, 5.74) is 29.6. The topological polar surface area (TPSA) is 397 Å². The van der Waals surface area contributed by atoms with E-state index in [0.29, 0.717) is 118 Å². The van der Waals surface area contributed by atoms with E-state index < -0.39 is 40.6 Å². The van der Waals surface area contributed by atoms with Gasteiger partial charge in [0.2, 0.25) is 5.75 Å². The maximum Gasteiger partial charge on any atom is 0.363 e. The minimum absolute atomic E-state index is 0.0114. The molecule has 0 radical (unpaired) electrons. The number of rotatable bonds is 50. The number of carbonyl (C=O) groups excluding carboxylic acids is 4. The van der Waals surface area contributed by atoms with Crippen LogP contribution in [0.5, 0.6) is 17.2 Å². The molecule has 0 unspecified atom stereocenters. The van der Waals surface area contributed by atoms with Crippen molar-refractivity contribution in [3.05, 3.63) is 266 Å². The fraction of sp³-hybridized carbons (Fsp3) is 0.320. The fourth-order valence-corrected chi connectivity index (χ4v) is 19.2. The Morgan fingerprint density at radius 2 is 0.741 bits per heavy atom. The van der Waals surface area contributed by atoms with Gasteiger partial charge in [0.05, 0.1) is 189 Å². The van der Waals surface area contributed by atoms with Crippen LogP contribution < -0.4 is 84.0 Å². The van der Waals surface area contributed by atoms with Gasteiger partial charge in [-0.2, -0.15) is 0 Å². The van der Waals surface area contributed by atoms with Crippen molar-refractivity contribution in [3.8, 4) is 49.0 Å². The van der Waals surface area contributed by atoms with Gasteiger partial charge in [0.25, 0.3) is 17.7 Å². The van der Waals surface area contributed by atoms with Crippen LogP contribution in [0.25, 0.3) is 95.3 Å². The molecule has 744 valence electrons. The molecular formula is C103H109N17O20S3. The first-order valence-corrected chi connectivity index (χ1v) is 49.7. The quantitative estimate of drug-likeness (QED) is 0.0106. The predicted octanol–water partition coefficient (Wildman–Crippen LogP) is 13.5. The van der Waals surface area contributed by atoms with Gasteiger partial charge in [-0.25, -0.2) is 34.1 Å². The van der Waals surface area contributed by atoms with E-state index in [2.05, 4.69) is 94.4 Å². The number of aromatic nitrogens is 3. The zero-order valence-corrected chi connectivity index (χ0v) is 82.1. The molecule has 0 bridgehead atoms. The number of hydrazine groups is 6. The first-order chi connectivity index (χ1) is 69.7. The average molecular weight is 2000 g/mol. The SMILES string of the molecule is CC(C)N(CC1=CN(CCOCCOCCOc2cc(C(=O)NCc3ccc(C(=O)ON4C(=O)CCC4=O)cc3)cc(OCCOCCOCCN3C=C(CN(c4ccc5cc(-c6nc7ccccc7s6)c(=O)oc5c4)C(C)C)NN3)c2OCCOCCOCCN2C=C(CN(c3ccc4cc(-c5nc6ccccc6s5)c(=O)oc4c3)C(C)C)NN2)NN1)c1ccc2cc(-c3nc4ccccc4s3)c(=O)oc2c1. The summed E-state index contributed by atoms with van der Waals surface area (Å²) >= 11 is 4.37. The Bertz CT molecular complexity index is 6860. The summed E-state index contributed by atoms with van der Waals surface area (Å²) in [6.07, 6.45) is 5.86. The van der Waals surface area contributed by atoms with E-state index in [4.69, 9.17) is 75.7 Å². The first kappa shape index (κ1) is 98.8. The zero-order chi connectivity index (χ0) is 98.8. The Balaban J connectivity index is 0.483. The lowest BCUT2D eigenvalue weighted by atomic mass is 10.1. The molecule has 143 heavy (non-hydrogen) atoms. The summed E-state index contributed by atoms with van der Waals surface area (Å²) in [6.45, 7) is 18.7. The van der Waals surface area contributed by atoms with Crippen molar-refractivity contribution in [2.24, 2.45) is 0 Å². The van der Waals surface area contributed by atoms with E-state index in [0.717, 1.165) is 81.0 Å². The number of ether oxygens (including phenoxy) is 9. The number of thiazole rings is 3. The molecule has 0 saturated carbocycles. The number of anilines is 3. The maximum absolute atomic E-state index is 14.4. The van der Waals surface area contributed by atoms with Crippen molar-refractivity contribution in [2.45, 2.75) is 79.1 Å². The van der Waals surface area contributed by atoms with Crippen LogP contribution in [0.3, 0.4) is 0 Å². The van der Waals surface area contributed by atoms with Gasteiger partial charge in [-0.3, -0.25) is 29.4 Å². The van der Waals surface area contributed by atoms with Crippen molar-refractivity contribution < 1.29 is 79.9 Å². The van der Waals surface area contributed by atoms with Crippen molar-refractivity contribution in [2.75, 3.05) is 153 Å². The molecule has 10 heterocycles. The van der Waals surface area contributed by atoms with Gasteiger partial charge in [-0.05, 0) is 162 Å². The van der Waals surface area contributed by atoms with Crippen LogP contribution >= 0.6 is 34.0 Å². The Morgan fingerprint density at radius 1 is 0.399 bits per heavy atom. The summed E-state index contributed by atoms with van der Waals surface area (Å²) in [5.74, 6) is -2.10. The second-order valence-corrected chi connectivity index (χ2v) is 37.8. The minimum Gasteiger partial charge on any atom is -0.487 e. The molecule has 3 amide bonds. The molecule has 4 aliphatic rings. The lowest BCUT2D eigenvalue weighted by Crippen LogP contribution is -2.40. The Hall–Kier alpha value is -14.4. The predicted molar refractivity (Wildman–Crippen MR) is 546 cm³/mol. The number of nitrogens with one attached hydrogen (secondary N) is 7. The Labute approximate surface area is 833 Å². The largest absolute Gasteiger partial charge is 0.487 e. The standard InChI is InChI=1S/C103H109N17O20S3/c1-64(2)117(76-26-23-69-49-79(101(125)137-85(69)54-76)97-105-82-13-7-10-16-90(82)141-97)61-73-58-114(111-108-73)31-34-128-37-40-131-43-46-134-88-52-72(96(123)104-57-67-19-21-68(22-20-67)100(124)140-120-93(121)29-30-94(120)122)53-89(135-47-44-132-41-38-129-35-32-115-59-74(109-112-115)62-118(65(3)4)77-27-24-70-50-80(102(126)138-86(70)55-77)98-106-83-14-8-11-17-91(83)142-98)95(88)136-48-45-133-42-39-130-36-33-116-60-75(110-113-116)63-119(66(5)6)78-28-25-71-51-81(103(127)139-87(71)56-78)99-107-84-15-9-12-18-92(84)143-99/h7-28,49-56,58-60,64-66,108-113H,29-48,57,61-63H2,1-6H3,(H,104,123). The molecule has 0 aliphatic carbocycles. The maximum atomic E-state index is 14.4. The Kier molecular flexibility index (Phi) is 32.2. The summed E-state index contributed by atoms with van der Waals surface area (Å²) < 4.78 is 76.4. The van der Waals surface area contributed by atoms with Gasteiger partial charge < -0.3 is 97.0 Å². The summed E-state index contributed by atoms with van der Waals surface area (Å²) in [6, 6.07) is 56.1. The van der Waals surface area contributed by atoms with E-state index in [9.17, 15) is 33.6 Å². The molecule has 1 fully saturated rings. The van der Waals surface area contributed by atoms with Crippen LogP contribution in [-0.2, 0) is 49.4 Å². The molecule has 14 aromatic rings. The third kappa shape index (κ3) is 24.9. The summed E-state index contributed by atoms with van der Waals surface area (Å²) in [7, 11) is 0. The number of hydrogen-bond acceptors (Lipinski definition) is 38. The van der Waals surface area contributed by atoms with Gasteiger partial charge >= 0.3 is 22.8 Å². The molecular weight excluding hydrogens is 1890 g/mol. The van der Waals surface area contributed by atoms with Crippen LogP contribution in [0.15, 0.2) is 245 Å². The minimum atomic E-state index is -0.891. The second-order valence-electron chi connectivity index (χ2n) is 34.7. The van der Waals surface area contributed by atoms with Crippen LogP contribution in [0.1, 0.15) is 80.7 Å². The number of benzene rings is 8. The molecule has 0 atom stereocenters. The summed E-state index contributed by atoms with van der Waals surface area (Å²) in [4.78, 5) is 118. The number of fused-ring (bicyclic) bond motifs is 6. The van der Waals surface area contributed by atoms with E-state index in [-0.39, 0.29) is 145 Å². The molecule has 37 nitrogen and oxygen atoms in total. The van der Waals surface area contributed by atoms with Gasteiger partial charge in [0.15, 0.2) is 11.5 Å². The van der Waals surface area contributed by atoms with E-state index in [1.807, 2.05) is 179 Å². The molecule has 8 aromatic carbocycles. The third-order valence-electron chi connectivity index (χ3n) is 23.7. The molecule has 6 aromatic heterocycles. The van der Waals surface area contributed by atoms with Crippen LogP contribution in [0, 0.1) is 0 Å². The van der Waals surface area contributed by atoms with Crippen LogP contribution in [-0.4, -0.2) is 215 Å². The number of hydrogen-bond donors (Lipinski definition) is 7. The monoisotopic (exact) mass is 2000 g/mol. The number of carbonyl (C=O) groups is 4. The molecule has 1 saturated heterocycles. The highest BCUT2D eigenvalue weighted by Crippen LogP contribution is 2.41. The smallest absolute Gasteiger partial charge is 0.363 e. The van der Waals surface area contributed by atoms with Crippen LogP contribution in [0.2, 0.25) is 0 Å². The van der Waals surface area contributed by atoms with Crippen molar-refractivity contribution >= 4 is 138 Å². The zero-order valence-electron chi connectivity index (χ0n) is 79.6. The lowest BCUT2D eigenvalue weighted by molar-refractivity contribution is -0.172. The summed E-state index contributed by atoms with van der Waals surface area (Å²) in [5, 5.41) is 13.4. The molecule has 7 N–H and O–H groups in total. The van der Waals surface area contributed by atoms with Crippen molar-refractivity contribution in [1.82, 2.24) is 73.2 Å². The number of nitrogens with zero attached hydrogens (tertiary/aromatic N) is 10. The molecule has 40 heteroatoms. The lowest BCUT2D eigenvalue weighted by Gasteiger charge is -2.29. The van der Waals surface area contributed by atoms with E-state index in [1.54, 1.807) is 24.3 Å². The van der Waals surface area contributed by atoms with E-state index >= 15 is 0 Å². The third-order valence-corrected chi connectivity index (χ3v) is 26.9. The highest BCUT2D eigenvalue weighted by Gasteiger charge is 2.34. The van der Waals surface area contributed by atoms with Crippen LogP contribution in [0.4, 0.5) is 17.1 Å². The van der Waals surface area contributed by atoms with Gasteiger partial charge in [0, 0.05) is 113 Å². The normalized spacial score (nSPS) is 13.8.